The van der Waals surface area contributed by atoms with Gasteiger partial charge in [-0.05, 0) is 48.4 Å². The second-order valence-corrected chi connectivity index (χ2v) is 22.8. The Hall–Kier alpha value is -1.44. The minimum absolute atomic E-state index is 0.0353. The molecule has 1 saturated heterocycles. The molecule has 52 heavy (non-hydrogen) atoms. The number of nitrogens with zero attached hydrogens (tertiary/aromatic N) is 6. The molecular formula is C34H42Br3N6O6P3. The van der Waals surface area contributed by atoms with Crippen molar-refractivity contribution >= 4 is 86.2 Å². The van der Waals surface area contributed by atoms with Crippen LogP contribution in [0, 0.1) is 0 Å². The normalized spacial score (nSPS) is 20.2. The zero-order valence-electron chi connectivity index (χ0n) is 29.0. The Balaban J connectivity index is 1.55. The predicted molar refractivity (Wildman–Crippen MR) is 217 cm³/mol. The average molecular weight is 963 g/mol. The van der Waals surface area contributed by atoms with Gasteiger partial charge in [0.15, 0.2) is 0 Å². The third kappa shape index (κ3) is 12.3. The Morgan fingerprint density at radius 2 is 1.02 bits per heavy atom. The van der Waals surface area contributed by atoms with Crippen LogP contribution in [-0.4, -0.2) is 103 Å². The summed E-state index contributed by atoms with van der Waals surface area (Å²) in [6.45, 7) is 8.19. The van der Waals surface area contributed by atoms with E-state index in [9.17, 15) is 28.4 Å². The first-order valence-corrected chi connectivity index (χ1v) is 25.2. The van der Waals surface area contributed by atoms with Crippen molar-refractivity contribution in [1.82, 2.24) is 29.7 Å². The zero-order chi connectivity index (χ0) is 37.8. The highest BCUT2D eigenvalue weighted by Crippen LogP contribution is 2.36. The first kappa shape index (κ1) is 41.7. The second-order valence-electron chi connectivity index (χ2n) is 13.4. The molecule has 280 valence electrons. The van der Waals surface area contributed by atoms with Gasteiger partial charge in [-0.15, -0.1) is 0 Å². The average Bonchev–Trinajstić information content (AvgIpc) is 3.10. The molecule has 3 aromatic heterocycles. The lowest BCUT2D eigenvalue weighted by atomic mass is 10.0. The van der Waals surface area contributed by atoms with Gasteiger partial charge in [0, 0.05) is 91.8 Å². The summed E-state index contributed by atoms with van der Waals surface area (Å²) in [5.74, 6) is 0. The summed E-state index contributed by atoms with van der Waals surface area (Å²) in [6, 6.07) is 20.5. The van der Waals surface area contributed by atoms with Gasteiger partial charge in [-0.3, -0.25) is 28.4 Å². The Bertz CT molecular complexity index is 2030. The Labute approximate surface area is 329 Å². The molecule has 0 saturated carbocycles. The largest absolute Gasteiger partial charge is 0.340 e. The second kappa shape index (κ2) is 17.6. The molecule has 0 aliphatic carbocycles. The highest BCUT2D eigenvalue weighted by atomic mass is 79.9. The molecule has 4 atom stereocenters. The molecule has 1 aliphatic rings. The van der Waals surface area contributed by atoms with Crippen molar-refractivity contribution in [3.05, 3.63) is 103 Å². The summed E-state index contributed by atoms with van der Waals surface area (Å²) >= 11 is 10.5. The molecule has 0 amide bonds. The van der Waals surface area contributed by atoms with E-state index in [1.54, 1.807) is 18.2 Å². The highest BCUT2D eigenvalue weighted by Gasteiger charge is 2.28. The Kier molecular flexibility index (Phi) is 14.1. The molecule has 1 aliphatic heterocycles. The van der Waals surface area contributed by atoms with Crippen LogP contribution in [0.4, 0.5) is 0 Å². The Morgan fingerprint density at radius 1 is 0.615 bits per heavy atom. The van der Waals surface area contributed by atoms with Gasteiger partial charge in [-0.2, -0.15) is 0 Å². The van der Waals surface area contributed by atoms with Crippen LogP contribution < -0.4 is 16.3 Å². The molecule has 1 fully saturated rings. The van der Waals surface area contributed by atoms with E-state index in [-0.39, 0.29) is 22.3 Å². The summed E-state index contributed by atoms with van der Waals surface area (Å²) in [5.41, 5.74) is 3.50. The van der Waals surface area contributed by atoms with E-state index in [0.29, 0.717) is 89.3 Å². The third-order valence-corrected chi connectivity index (χ3v) is 13.2. The SMILES string of the molecule is CP(=O)(O)c1cc(Br)cc(CN2CCN(Cc3cc(Br)cc(P(C)(=O)O)n3)C[C@H](Cc3ccccc3)N(Cc3cc(Br)cc(P(C)(=O)O)n3)CC2)n1. The quantitative estimate of drug-likeness (QED) is 0.170. The van der Waals surface area contributed by atoms with Gasteiger partial charge in [0.05, 0.1) is 17.1 Å². The topological polar surface area (TPSA) is 160 Å². The monoisotopic (exact) mass is 960 g/mol. The van der Waals surface area contributed by atoms with Crippen LogP contribution in [0.3, 0.4) is 0 Å². The standard InChI is InChI=1S/C34H42Br3N6O6P3/c1-50(44,45)32-17-25(35)14-28(38-32)20-41-9-10-42(21-29-15-26(36)18-33(39-29)51(2,46)47)23-31(13-24-7-5-4-6-8-24)43(12-11-41)22-30-16-27(37)19-34(40-30)52(3,48)49/h4-8,14-19,31H,9-13,20-23H2,1-3H3,(H,44,45)(H,46,47)(H,48,49)/t31-/m0/s1. The van der Waals surface area contributed by atoms with E-state index in [1.807, 2.05) is 36.4 Å². The molecule has 1 aromatic carbocycles. The van der Waals surface area contributed by atoms with Crippen LogP contribution in [0.25, 0.3) is 0 Å². The van der Waals surface area contributed by atoms with Crippen LogP contribution in [-0.2, 0) is 39.8 Å². The van der Waals surface area contributed by atoms with Crippen molar-refractivity contribution in [2.24, 2.45) is 0 Å². The van der Waals surface area contributed by atoms with E-state index >= 15 is 0 Å². The molecule has 12 nitrogen and oxygen atoms in total. The molecule has 0 bridgehead atoms. The fraction of sp³-hybridized carbons (Fsp3) is 0.382. The highest BCUT2D eigenvalue weighted by molar-refractivity contribution is 9.11. The van der Waals surface area contributed by atoms with E-state index in [4.69, 9.17) is 0 Å². The van der Waals surface area contributed by atoms with E-state index in [2.05, 4.69) is 89.6 Å². The summed E-state index contributed by atoms with van der Waals surface area (Å²) in [4.78, 5) is 51.7. The lowest BCUT2D eigenvalue weighted by molar-refractivity contribution is 0.134. The van der Waals surface area contributed by atoms with Gasteiger partial charge in [0.2, 0.25) is 22.1 Å². The first-order chi connectivity index (χ1) is 24.3. The number of aromatic nitrogens is 3. The fourth-order valence-corrected chi connectivity index (χ4v) is 10.1. The van der Waals surface area contributed by atoms with E-state index < -0.39 is 22.1 Å². The van der Waals surface area contributed by atoms with E-state index in [1.165, 1.54) is 20.0 Å². The zero-order valence-corrected chi connectivity index (χ0v) is 36.5. The molecule has 0 spiro atoms. The molecule has 18 heteroatoms. The molecule has 3 N–H and O–H groups in total. The van der Waals surface area contributed by atoms with Crippen molar-refractivity contribution in [3.63, 3.8) is 0 Å². The maximum absolute atomic E-state index is 12.7. The van der Waals surface area contributed by atoms with Crippen LogP contribution >= 0.6 is 69.9 Å². The summed E-state index contributed by atoms with van der Waals surface area (Å²) in [5, 5.41) is 0. The molecule has 4 heterocycles. The minimum atomic E-state index is -3.63. The minimum Gasteiger partial charge on any atom is -0.340 e. The van der Waals surface area contributed by atoms with Gasteiger partial charge in [-0.1, -0.05) is 78.1 Å². The van der Waals surface area contributed by atoms with Gasteiger partial charge in [0.1, 0.15) is 16.3 Å². The third-order valence-electron chi connectivity index (χ3n) is 8.64. The lowest BCUT2D eigenvalue weighted by Crippen LogP contribution is -2.46. The first-order valence-electron chi connectivity index (χ1n) is 16.5. The van der Waals surface area contributed by atoms with Gasteiger partial charge in [-0.25, -0.2) is 15.0 Å². The lowest BCUT2D eigenvalue weighted by Gasteiger charge is -2.35. The van der Waals surface area contributed by atoms with Crippen molar-refractivity contribution in [1.29, 1.82) is 0 Å². The van der Waals surface area contributed by atoms with E-state index in [0.717, 1.165) is 5.56 Å². The van der Waals surface area contributed by atoms with Crippen molar-refractivity contribution in [2.75, 3.05) is 52.7 Å². The molecular weight excluding hydrogens is 921 g/mol. The number of benzene rings is 1. The van der Waals surface area contributed by atoms with Crippen molar-refractivity contribution < 1.29 is 28.4 Å². The number of rotatable bonds is 11. The maximum atomic E-state index is 12.7. The van der Waals surface area contributed by atoms with Crippen LogP contribution in [0.2, 0.25) is 0 Å². The van der Waals surface area contributed by atoms with Crippen LogP contribution in [0.5, 0.6) is 0 Å². The Morgan fingerprint density at radius 3 is 1.48 bits per heavy atom. The number of pyridine rings is 3. The molecule has 3 unspecified atom stereocenters. The van der Waals surface area contributed by atoms with Gasteiger partial charge in [0.25, 0.3) is 0 Å². The number of halogens is 3. The van der Waals surface area contributed by atoms with Crippen molar-refractivity contribution in [2.45, 2.75) is 32.1 Å². The van der Waals surface area contributed by atoms with Gasteiger partial charge >= 0.3 is 0 Å². The number of hydrogen-bond acceptors (Lipinski definition) is 9. The van der Waals surface area contributed by atoms with Crippen LogP contribution in [0.1, 0.15) is 22.6 Å². The molecule has 4 aromatic rings. The van der Waals surface area contributed by atoms with Gasteiger partial charge < -0.3 is 14.7 Å². The van der Waals surface area contributed by atoms with Crippen LogP contribution in [0.15, 0.2) is 80.1 Å². The molecule has 0 radical (unpaired) electrons. The predicted octanol–water partition coefficient (Wildman–Crippen LogP) is 5.17. The summed E-state index contributed by atoms with van der Waals surface area (Å²) in [6.07, 6.45) is 0.710. The summed E-state index contributed by atoms with van der Waals surface area (Å²) < 4.78 is 39.9. The molecule has 5 rings (SSSR count). The smallest absolute Gasteiger partial charge is 0.244 e. The van der Waals surface area contributed by atoms with Crippen molar-refractivity contribution in [3.8, 4) is 0 Å². The maximum Gasteiger partial charge on any atom is 0.244 e. The fourth-order valence-electron chi connectivity index (χ4n) is 6.10. The summed E-state index contributed by atoms with van der Waals surface area (Å²) in [7, 11) is -10.8. The number of hydrogen-bond donors (Lipinski definition) is 3.